The van der Waals surface area contributed by atoms with Crippen LogP contribution >= 0.6 is 0 Å². The molecule has 1 aromatic heterocycles. The molecule has 0 N–H and O–H groups in total. The third kappa shape index (κ3) is 4.41. The number of rotatable bonds is 6. The molecule has 1 aliphatic heterocycles. The zero-order chi connectivity index (χ0) is 20.3. The minimum absolute atomic E-state index is 0.0122. The largest absolute Gasteiger partial charge is 0.451 e. The van der Waals surface area contributed by atoms with Crippen LogP contribution < -0.4 is 0 Å². The van der Waals surface area contributed by atoms with E-state index in [0.717, 1.165) is 5.56 Å². The summed E-state index contributed by atoms with van der Waals surface area (Å²) in [5.41, 5.74) is 0.735. The molecule has 0 bridgehead atoms. The zero-order valence-electron chi connectivity index (χ0n) is 15.8. The summed E-state index contributed by atoms with van der Waals surface area (Å²) in [5, 5.41) is 0. The summed E-state index contributed by atoms with van der Waals surface area (Å²) in [5.74, 6) is -0.576. The van der Waals surface area contributed by atoms with E-state index >= 15 is 0 Å². The van der Waals surface area contributed by atoms with Gasteiger partial charge in [0.15, 0.2) is 22.1 Å². The lowest BCUT2D eigenvalue weighted by Gasteiger charge is -2.26. The predicted octanol–water partition coefficient (Wildman–Crippen LogP) is 1.84. The van der Waals surface area contributed by atoms with Gasteiger partial charge in [-0.15, -0.1) is 0 Å². The first-order chi connectivity index (χ1) is 13.3. The molecular formula is C19H22N2O6S. The van der Waals surface area contributed by atoms with Gasteiger partial charge in [0.05, 0.1) is 11.5 Å². The number of oxazole rings is 1. The zero-order valence-corrected chi connectivity index (χ0v) is 16.6. The Hall–Kier alpha value is -2.68. The van der Waals surface area contributed by atoms with Crippen LogP contribution in [0.1, 0.15) is 29.6 Å². The molecule has 0 unspecified atom stereocenters. The molecular weight excluding hydrogens is 384 g/mol. The molecule has 0 spiro atoms. The highest BCUT2D eigenvalue weighted by molar-refractivity contribution is 7.91. The van der Waals surface area contributed by atoms with Crippen molar-refractivity contribution in [3.8, 4) is 11.5 Å². The van der Waals surface area contributed by atoms with Crippen molar-refractivity contribution >= 4 is 21.7 Å². The molecule has 3 rings (SSSR count). The first-order valence-corrected chi connectivity index (χ1v) is 10.8. The molecule has 1 amide bonds. The van der Waals surface area contributed by atoms with E-state index in [1.54, 1.807) is 26.0 Å². The van der Waals surface area contributed by atoms with Crippen LogP contribution in [0.3, 0.4) is 0 Å². The summed E-state index contributed by atoms with van der Waals surface area (Å²) < 4.78 is 33.9. The lowest BCUT2D eigenvalue weighted by molar-refractivity contribution is -0.136. The molecule has 9 heteroatoms. The summed E-state index contributed by atoms with van der Waals surface area (Å²) in [6.45, 7) is 3.23. The number of ether oxygens (including phenoxy) is 1. The number of hydrogen-bond acceptors (Lipinski definition) is 7. The fourth-order valence-corrected chi connectivity index (χ4v) is 4.96. The Balaban J connectivity index is 1.63. The van der Waals surface area contributed by atoms with E-state index in [-0.39, 0.29) is 23.2 Å². The average Bonchev–Trinajstić information content (AvgIpc) is 3.23. The van der Waals surface area contributed by atoms with Crippen molar-refractivity contribution in [1.29, 1.82) is 0 Å². The van der Waals surface area contributed by atoms with Crippen molar-refractivity contribution < 1.29 is 27.2 Å². The number of sulfone groups is 1. The van der Waals surface area contributed by atoms with Crippen LogP contribution in [-0.2, 0) is 19.4 Å². The number of aryl methyl sites for hydroxylation is 1. The molecule has 0 saturated carbocycles. The molecule has 150 valence electrons. The van der Waals surface area contributed by atoms with E-state index < -0.39 is 28.3 Å². The van der Waals surface area contributed by atoms with Crippen LogP contribution in [0.5, 0.6) is 0 Å². The van der Waals surface area contributed by atoms with Gasteiger partial charge in [-0.3, -0.25) is 4.79 Å². The topological polar surface area (TPSA) is 107 Å². The van der Waals surface area contributed by atoms with Gasteiger partial charge in [-0.2, -0.15) is 0 Å². The fraction of sp³-hybridized carbons (Fsp3) is 0.421. The minimum atomic E-state index is -3.11. The van der Waals surface area contributed by atoms with Gasteiger partial charge >= 0.3 is 5.97 Å². The van der Waals surface area contributed by atoms with Crippen LogP contribution in [0.2, 0.25) is 0 Å². The number of carbonyl (C=O) groups excluding carboxylic acids is 2. The monoisotopic (exact) mass is 406 g/mol. The normalized spacial score (nSPS) is 18.0. The third-order valence-corrected chi connectivity index (χ3v) is 6.40. The number of carbonyl (C=O) groups is 2. The lowest BCUT2D eigenvalue weighted by atomic mass is 10.2. The summed E-state index contributed by atoms with van der Waals surface area (Å²) in [6.07, 6.45) is 0.401. The maximum atomic E-state index is 12.4. The highest BCUT2D eigenvalue weighted by atomic mass is 32.2. The van der Waals surface area contributed by atoms with Crippen LogP contribution in [0.15, 0.2) is 34.7 Å². The molecule has 28 heavy (non-hydrogen) atoms. The van der Waals surface area contributed by atoms with E-state index in [2.05, 4.69) is 4.98 Å². The predicted molar refractivity (Wildman–Crippen MR) is 101 cm³/mol. The first-order valence-electron chi connectivity index (χ1n) is 9.00. The maximum Gasteiger partial charge on any atom is 0.361 e. The summed E-state index contributed by atoms with van der Waals surface area (Å²) in [7, 11) is -3.11. The molecule has 1 aromatic carbocycles. The number of esters is 1. The van der Waals surface area contributed by atoms with E-state index in [1.807, 2.05) is 18.2 Å². The summed E-state index contributed by atoms with van der Waals surface area (Å²) in [4.78, 5) is 30.4. The Labute approximate surface area is 163 Å². The molecule has 0 radical (unpaired) electrons. The number of hydrogen-bond donors (Lipinski definition) is 0. The molecule has 1 atom stereocenters. The lowest BCUT2D eigenvalue weighted by Crippen LogP contribution is -2.43. The SMILES string of the molecule is CCN(C(=O)COC(=O)c1nc(-c2ccccc2)oc1C)[C@@H]1CCS(=O)(=O)C1. The summed E-state index contributed by atoms with van der Waals surface area (Å²) >= 11 is 0. The van der Waals surface area contributed by atoms with Crippen LogP contribution in [0.25, 0.3) is 11.5 Å². The summed E-state index contributed by atoms with van der Waals surface area (Å²) in [6, 6.07) is 8.74. The molecule has 1 saturated heterocycles. The highest BCUT2D eigenvalue weighted by Gasteiger charge is 2.34. The second kappa shape index (κ2) is 8.14. The number of aromatic nitrogens is 1. The first kappa shape index (κ1) is 20.1. The van der Waals surface area contributed by atoms with Gasteiger partial charge in [0.25, 0.3) is 5.91 Å². The maximum absolute atomic E-state index is 12.4. The van der Waals surface area contributed by atoms with Gasteiger partial charge in [0.2, 0.25) is 5.89 Å². The van der Waals surface area contributed by atoms with Gasteiger partial charge in [-0.1, -0.05) is 18.2 Å². The third-order valence-electron chi connectivity index (χ3n) is 4.65. The van der Waals surface area contributed by atoms with E-state index in [1.165, 1.54) is 4.90 Å². The molecule has 1 aliphatic rings. The Bertz CT molecular complexity index is 968. The van der Waals surface area contributed by atoms with Crippen molar-refractivity contribution in [3.05, 3.63) is 41.8 Å². The molecule has 0 aliphatic carbocycles. The van der Waals surface area contributed by atoms with Crippen LogP contribution in [0, 0.1) is 6.92 Å². The standard InChI is InChI=1S/C19H22N2O6S/c1-3-21(15-9-10-28(24,25)12-15)16(22)11-26-19(23)17-13(2)27-18(20-17)14-7-5-4-6-8-14/h4-8,15H,3,9-12H2,1-2H3/t15-/m1/s1. The number of amides is 1. The van der Waals surface area contributed by atoms with Crippen LogP contribution in [0.4, 0.5) is 0 Å². The van der Waals surface area contributed by atoms with E-state index in [4.69, 9.17) is 9.15 Å². The van der Waals surface area contributed by atoms with Gasteiger partial charge in [0.1, 0.15) is 5.76 Å². The number of benzene rings is 1. The Morgan fingerprint density at radius 3 is 2.61 bits per heavy atom. The second-order valence-corrected chi connectivity index (χ2v) is 8.83. The number of nitrogens with zero attached hydrogens (tertiary/aromatic N) is 2. The highest BCUT2D eigenvalue weighted by Crippen LogP contribution is 2.22. The Kier molecular flexibility index (Phi) is 5.83. The molecule has 8 nitrogen and oxygen atoms in total. The van der Waals surface area contributed by atoms with Crippen molar-refractivity contribution in [1.82, 2.24) is 9.88 Å². The van der Waals surface area contributed by atoms with Gasteiger partial charge in [-0.25, -0.2) is 18.2 Å². The van der Waals surface area contributed by atoms with Crippen molar-refractivity contribution in [2.45, 2.75) is 26.3 Å². The quantitative estimate of drug-likeness (QED) is 0.674. The van der Waals surface area contributed by atoms with Gasteiger partial charge < -0.3 is 14.1 Å². The van der Waals surface area contributed by atoms with Crippen molar-refractivity contribution in [2.75, 3.05) is 24.7 Å². The second-order valence-electron chi connectivity index (χ2n) is 6.60. The Morgan fingerprint density at radius 1 is 1.29 bits per heavy atom. The molecule has 2 heterocycles. The molecule has 2 aromatic rings. The van der Waals surface area contributed by atoms with Gasteiger partial charge in [-0.05, 0) is 32.4 Å². The van der Waals surface area contributed by atoms with E-state index in [9.17, 15) is 18.0 Å². The van der Waals surface area contributed by atoms with Gasteiger partial charge in [0, 0.05) is 18.2 Å². The van der Waals surface area contributed by atoms with E-state index in [0.29, 0.717) is 24.6 Å². The smallest absolute Gasteiger partial charge is 0.361 e. The fourth-order valence-electron chi connectivity index (χ4n) is 3.23. The number of likely N-dealkylation sites (N-methyl/N-ethyl adjacent to an activating group) is 1. The minimum Gasteiger partial charge on any atom is -0.451 e. The van der Waals surface area contributed by atoms with Crippen molar-refractivity contribution in [3.63, 3.8) is 0 Å². The van der Waals surface area contributed by atoms with Crippen LogP contribution in [-0.4, -0.2) is 60.9 Å². The Morgan fingerprint density at radius 2 is 2.00 bits per heavy atom. The molecule has 1 fully saturated rings. The average molecular weight is 406 g/mol. The van der Waals surface area contributed by atoms with Crippen molar-refractivity contribution in [2.24, 2.45) is 0 Å².